The van der Waals surface area contributed by atoms with Crippen LogP contribution in [-0.4, -0.2) is 17.0 Å². The number of para-hydroxylation sites is 1. The van der Waals surface area contributed by atoms with Crippen LogP contribution in [0.15, 0.2) is 18.2 Å². The first-order valence-corrected chi connectivity index (χ1v) is 8.43. The van der Waals surface area contributed by atoms with Crippen molar-refractivity contribution in [2.75, 3.05) is 5.32 Å². The Labute approximate surface area is 138 Å². The van der Waals surface area contributed by atoms with Crippen molar-refractivity contribution in [1.29, 1.82) is 0 Å². The summed E-state index contributed by atoms with van der Waals surface area (Å²) >= 11 is 0. The molecule has 0 heterocycles. The van der Waals surface area contributed by atoms with Crippen LogP contribution in [-0.2, 0) is 9.59 Å². The second-order valence-corrected chi connectivity index (χ2v) is 7.28. The minimum absolute atomic E-state index is 0.0618. The van der Waals surface area contributed by atoms with Crippen molar-refractivity contribution in [3.05, 3.63) is 29.3 Å². The molecule has 0 bridgehead atoms. The highest BCUT2D eigenvalue weighted by Crippen LogP contribution is 2.44. The van der Waals surface area contributed by atoms with Crippen LogP contribution in [0.5, 0.6) is 0 Å². The Hall–Kier alpha value is -1.84. The number of anilines is 1. The van der Waals surface area contributed by atoms with Crippen LogP contribution in [0.4, 0.5) is 5.69 Å². The fourth-order valence-corrected chi connectivity index (χ4v) is 3.26. The highest BCUT2D eigenvalue weighted by Gasteiger charge is 2.46. The third-order valence-electron chi connectivity index (χ3n) is 4.90. The van der Waals surface area contributed by atoms with Crippen LogP contribution in [0.25, 0.3) is 0 Å². The smallest absolute Gasteiger partial charge is 0.310 e. The molecule has 0 saturated heterocycles. The summed E-state index contributed by atoms with van der Waals surface area (Å²) in [4.78, 5) is 24.0. The second-order valence-electron chi connectivity index (χ2n) is 7.28. The van der Waals surface area contributed by atoms with Crippen LogP contribution in [0.1, 0.15) is 76.3 Å². The number of benzene rings is 1. The third-order valence-corrected chi connectivity index (χ3v) is 4.90. The molecule has 0 unspecified atom stereocenters. The summed E-state index contributed by atoms with van der Waals surface area (Å²) in [6.07, 6.45) is 2.14. The molecule has 0 spiro atoms. The molecule has 0 aromatic heterocycles. The zero-order chi connectivity index (χ0) is 17.2. The van der Waals surface area contributed by atoms with Crippen molar-refractivity contribution in [2.24, 2.45) is 5.41 Å². The van der Waals surface area contributed by atoms with Gasteiger partial charge in [0.05, 0.1) is 5.41 Å². The van der Waals surface area contributed by atoms with Crippen molar-refractivity contribution in [3.8, 4) is 0 Å². The number of carbonyl (C=O) groups excluding carboxylic acids is 1. The molecule has 0 aliphatic heterocycles. The van der Waals surface area contributed by atoms with Crippen molar-refractivity contribution >= 4 is 17.6 Å². The molecule has 0 radical (unpaired) electrons. The maximum Gasteiger partial charge on any atom is 0.310 e. The third kappa shape index (κ3) is 3.57. The number of aliphatic carboxylic acids is 1. The lowest BCUT2D eigenvalue weighted by atomic mass is 9.66. The van der Waals surface area contributed by atoms with Crippen LogP contribution in [0.2, 0.25) is 0 Å². The number of carboxylic acids is 1. The van der Waals surface area contributed by atoms with Gasteiger partial charge in [0.2, 0.25) is 5.91 Å². The highest BCUT2D eigenvalue weighted by molar-refractivity contribution is 5.96. The van der Waals surface area contributed by atoms with Gasteiger partial charge in [0.1, 0.15) is 0 Å². The number of hydrogen-bond acceptors (Lipinski definition) is 2. The molecule has 1 aromatic rings. The van der Waals surface area contributed by atoms with E-state index in [-0.39, 0.29) is 12.3 Å². The van der Waals surface area contributed by atoms with Gasteiger partial charge in [-0.1, -0.05) is 52.3 Å². The second kappa shape index (κ2) is 6.73. The SMILES string of the molecule is CC(C)c1cccc(C(C)C)c1NC(=O)CC1(C(=O)O)CCC1. The molecule has 0 atom stereocenters. The zero-order valence-corrected chi connectivity index (χ0v) is 14.5. The van der Waals surface area contributed by atoms with Gasteiger partial charge in [0.15, 0.2) is 0 Å². The Morgan fingerprint density at radius 3 is 2.00 bits per heavy atom. The summed E-state index contributed by atoms with van der Waals surface area (Å²) in [5.74, 6) is -0.454. The van der Waals surface area contributed by atoms with Gasteiger partial charge in [-0.25, -0.2) is 0 Å². The lowest BCUT2D eigenvalue weighted by Crippen LogP contribution is -2.41. The summed E-state index contributed by atoms with van der Waals surface area (Å²) < 4.78 is 0. The van der Waals surface area contributed by atoms with E-state index in [4.69, 9.17) is 0 Å². The van der Waals surface area contributed by atoms with Gasteiger partial charge in [0.25, 0.3) is 0 Å². The summed E-state index contributed by atoms with van der Waals surface area (Å²) in [5, 5.41) is 12.4. The molecule has 1 fully saturated rings. The lowest BCUT2D eigenvalue weighted by Gasteiger charge is -2.37. The van der Waals surface area contributed by atoms with Crippen LogP contribution < -0.4 is 5.32 Å². The van der Waals surface area contributed by atoms with E-state index in [2.05, 4.69) is 33.0 Å². The number of carboxylic acid groups (broad SMARTS) is 1. The number of rotatable bonds is 6. The summed E-state index contributed by atoms with van der Waals surface area (Å²) in [7, 11) is 0. The van der Waals surface area contributed by atoms with Gasteiger partial charge in [-0.3, -0.25) is 9.59 Å². The Kier molecular flexibility index (Phi) is 5.12. The fourth-order valence-electron chi connectivity index (χ4n) is 3.26. The molecule has 4 heteroatoms. The predicted molar refractivity (Wildman–Crippen MR) is 91.8 cm³/mol. The van der Waals surface area contributed by atoms with Gasteiger partial charge < -0.3 is 10.4 Å². The molecule has 1 aliphatic carbocycles. The molecular formula is C19H27NO3. The average molecular weight is 317 g/mol. The van der Waals surface area contributed by atoms with E-state index in [1.807, 2.05) is 18.2 Å². The summed E-state index contributed by atoms with van der Waals surface area (Å²) in [5.41, 5.74) is 2.21. The molecule has 1 aromatic carbocycles. The van der Waals surface area contributed by atoms with Crippen LogP contribution in [0, 0.1) is 5.41 Å². The van der Waals surface area contributed by atoms with Crippen LogP contribution >= 0.6 is 0 Å². The Morgan fingerprint density at radius 1 is 1.13 bits per heavy atom. The molecule has 2 N–H and O–H groups in total. The average Bonchev–Trinajstić information content (AvgIpc) is 2.42. The minimum Gasteiger partial charge on any atom is -0.481 e. The van der Waals surface area contributed by atoms with Crippen LogP contribution in [0.3, 0.4) is 0 Å². The number of hydrogen-bond donors (Lipinski definition) is 2. The van der Waals surface area contributed by atoms with Gasteiger partial charge >= 0.3 is 5.97 Å². The summed E-state index contributed by atoms with van der Waals surface area (Å²) in [6, 6.07) is 6.08. The first-order chi connectivity index (χ1) is 10.8. The lowest BCUT2D eigenvalue weighted by molar-refractivity contribution is -0.157. The van der Waals surface area contributed by atoms with E-state index in [9.17, 15) is 14.7 Å². The molecule has 23 heavy (non-hydrogen) atoms. The van der Waals surface area contributed by atoms with E-state index < -0.39 is 11.4 Å². The van der Waals surface area contributed by atoms with Gasteiger partial charge in [0, 0.05) is 12.1 Å². The fraction of sp³-hybridized carbons (Fsp3) is 0.579. The van der Waals surface area contributed by atoms with E-state index in [1.54, 1.807) is 0 Å². The topological polar surface area (TPSA) is 66.4 Å². The zero-order valence-electron chi connectivity index (χ0n) is 14.5. The Bertz CT molecular complexity index is 574. The molecule has 4 nitrogen and oxygen atoms in total. The molecule has 1 amide bonds. The first-order valence-electron chi connectivity index (χ1n) is 8.43. The largest absolute Gasteiger partial charge is 0.481 e. The van der Waals surface area contributed by atoms with Gasteiger partial charge in [-0.15, -0.1) is 0 Å². The number of amides is 1. The molecule has 1 saturated carbocycles. The van der Waals surface area contributed by atoms with E-state index in [0.717, 1.165) is 23.2 Å². The van der Waals surface area contributed by atoms with Gasteiger partial charge in [-0.2, -0.15) is 0 Å². The molecular weight excluding hydrogens is 290 g/mol. The maximum absolute atomic E-state index is 12.5. The minimum atomic E-state index is -0.852. The number of carbonyl (C=O) groups is 2. The van der Waals surface area contributed by atoms with Gasteiger partial charge in [-0.05, 0) is 35.8 Å². The molecule has 2 rings (SSSR count). The monoisotopic (exact) mass is 317 g/mol. The number of nitrogens with one attached hydrogen (secondary N) is 1. The van der Waals surface area contributed by atoms with E-state index in [0.29, 0.717) is 24.7 Å². The Morgan fingerprint density at radius 2 is 1.65 bits per heavy atom. The van der Waals surface area contributed by atoms with Crippen molar-refractivity contribution in [1.82, 2.24) is 0 Å². The van der Waals surface area contributed by atoms with Crippen molar-refractivity contribution < 1.29 is 14.7 Å². The Balaban J connectivity index is 2.25. The quantitative estimate of drug-likeness (QED) is 0.811. The standard InChI is InChI=1S/C19H27NO3/c1-12(2)14-7-5-8-15(13(3)4)17(14)20-16(21)11-19(18(22)23)9-6-10-19/h5,7-8,12-13H,6,9-11H2,1-4H3,(H,20,21)(H,22,23). The molecule has 126 valence electrons. The first kappa shape index (κ1) is 17.5. The predicted octanol–water partition coefficient (Wildman–Crippen LogP) is 4.52. The van der Waals surface area contributed by atoms with Crippen molar-refractivity contribution in [3.63, 3.8) is 0 Å². The normalized spacial score (nSPS) is 16.3. The highest BCUT2D eigenvalue weighted by atomic mass is 16.4. The van der Waals surface area contributed by atoms with E-state index in [1.165, 1.54) is 0 Å². The maximum atomic E-state index is 12.5. The van der Waals surface area contributed by atoms with E-state index >= 15 is 0 Å². The van der Waals surface area contributed by atoms with Crippen molar-refractivity contribution in [2.45, 2.75) is 65.2 Å². The molecule has 1 aliphatic rings. The summed E-state index contributed by atoms with van der Waals surface area (Å²) in [6.45, 7) is 8.39.